The molecule has 1 saturated heterocycles. The molecule has 0 amide bonds. The van der Waals surface area contributed by atoms with Crippen molar-refractivity contribution in [3.8, 4) is 0 Å². The Morgan fingerprint density at radius 3 is 2.58 bits per heavy atom. The lowest BCUT2D eigenvalue weighted by Crippen LogP contribution is -2.51. The van der Waals surface area contributed by atoms with E-state index in [0.29, 0.717) is 12.5 Å². The zero-order chi connectivity index (χ0) is 16.9. The molecule has 1 fully saturated rings. The molecule has 0 saturated carbocycles. The van der Waals surface area contributed by atoms with Gasteiger partial charge in [0.2, 0.25) is 0 Å². The fourth-order valence-corrected chi connectivity index (χ4v) is 2.88. The highest BCUT2D eigenvalue weighted by Crippen LogP contribution is 2.16. The van der Waals surface area contributed by atoms with E-state index in [1.54, 1.807) is 6.20 Å². The number of aryl methyl sites for hydroxylation is 1. The first kappa shape index (κ1) is 16.3. The van der Waals surface area contributed by atoms with Crippen LogP contribution >= 0.6 is 0 Å². The minimum absolute atomic E-state index is 0.209. The summed E-state index contributed by atoms with van der Waals surface area (Å²) < 4.78 is 15.1. The lowest BCUT2D eigenvalue weighted by atomic mass is 10.2. The minimum atomic E-state index is -0.209. The molecule has 1 aliphatic rings. The maximum absolute atomic E-state index is 13.0. The van der Waals surface area contributed by atoms with E-state index in [1.165, 1.54) is 12.1 Å². The number of hydrogen-bond donors (Lipinski definition) is 1. The van der Waals surface area contributed by atoms with Crippen molar-refractivity contribution < 1.29 is 4.39 Å². The molecular weight excluding hydrogens is 307 g/mol. The van der Waals surface area contributed by atoms with E-state index >= 15 is 0 Å². The lowest BCUT2D eigenvalue weighted by molar-refractivity contribution is 0.380. The van der Waals surface area contributed by atoms with Crippen molar-refractivity contribution in [3.05, 3.63) is 48.3 Å². The normalized spacial score (nSPS) is 15.8. The molecule has 0 atom stereocenters. The molecule has 1 aliphatic heterocycles. The monoisotopic (exact) mass is 330 g/mol. The summed E-state index contributed by atoms with van der Waals surface area (Å²) in [6.45, 7) is 6.72. The van der Waals surface area contributed by atoms with Gasteiger partial charge in [0.25, 0.3) is 0 Å². The number of aliphatic imine (C=N–C) groups is 1. The van der Waals surface area contributed by atoms with E-state index < -0.39 is 0 Å². The first-order valence-corrected chi connectivity index (χ1v) is 8.22. The van der Waals surface area contributed by atoms with Gasteiger partial charge >= 0.3 is 0 Å². The zero-order valence-electron chi connectivity index (χ0n) is 13.9. The Kier molecular flexibility index (Phi) is 4.98. The largest absolute Gasteiger partial charge is 0.370 e. The molecule has 2 heterocycles. The van der Waals surface area contributed by atoms with Crippen LogP contribution in [0.1, 0.15) is 12.7 Å². The molecule has 0 unspecified atom stereocenters. The Balaban J connectivity index is 1.55. The maximum atomic E-state index is 13.0. The van der Waals surface area contributed by atoms with Crippen LogP contribution in [0.3, 0.4) is 0 Å². The van der Waals surface area contributed by atoms with Gasteiger partial charge in [0, 0.05) is 50.8 Å². The first-order valence-electron chi connectivity index (χ1n) is 8.22. The van der Waals surface area contributed by atoms with Crippen LogP contribution < -0.4 is 10.6 Å². The van der Waals surface area contributed by atoms with Gasteiger partial charge in [0.1, 0.15) is 18.2 Å². The van der Waals surface area contributed by atoms with Gasteiger partial charge in [-0.05, 0) is 31.2 Å². The highest BCUT2D eigenvalue weighted by molar-refractivity contribution is 5.78. The van der Waals surface area contributed by atoms with Crippen molar-refractivity contribution in [3.63, 3.8) is 0 Å². The summed E-state index contributed by atoms with van der Waals surface area (Å²) in [5.74, 6) is 1.27. The van der Waals surface area contributed by atoms with Gasteiger partial charge in [-0.1, -0.05) is 0 Å². The third-order valence-corrected chi connectivity index (χ3v) is 4.32. The standard InChI is InChI=1S/C17H23FN6/c1-2-22-8-7-20-16(22)13-21-17(19)24-11-9-23(10-12-24)15-5-3-14(18)4-6-15/h3-8H,2,9-13H2,1H3,(H2,19,21). The molecular formula is C17H23FN6. The molecule has 128 valence electrons. The van der Waals surface area contributed by atoms with E-state index in [4.69, 9.17) is 5.73 Å². The van der Waals surface area contributed by atoms with Crippen LogP contribution in [0.25, 0.3) is 0 Å². The summed E-state index contributed by atoms with van der Waals surface area (Å²) in [4.78, 5) is 13.1. The first-order chi connectivity index (χ1) is 11.7. The number of anilines is 1. The Hall–Kier alpha value is -2.57. The quantitative estimate of drug-likeness (QED) is 0.684. The third kappa shape index (κ3) is 3.67. The Labute approximate surface area is 141 Å². The topological polar surface area (TPSA) is 62.7 Å². The van der Waals surface area contributed by atoms with Gasteiger partial charge in [-0.3, -0.25) is 0 Å². The average molecular weight is 330 g/mol. The van der Waals surface area contributed by atoms with Crippen molar-refractivity contribution >= 4 is 11.6 Å². The van der Waals surface area contributed by atoms with E-state index in [0.717, 1.165) is 44.2 Å². The molecule has 2 aromatic rings. The summed E-state index contributed by atoms with van der Waals surface area (Å²) in [6, 6.07) is 6.61. The smallest absolute Gasteiger partial charge is 0.191 e. The van der Waals surface area contributed by atoms with Gasteiger partial charge in [-0.15, -0.1) is 0 Å². The summed E-state index contributed by atoms with van der Waals surface area (Å²) >= 11 is 0. The number of piperazine rings is 1. The van der Waals surface area contributed by atoms with E-state index in [9.17, 15) is 4.39 Å². The molecule has 3 rings (SSSR count). The van der Waals surface area contributed by atoms with Gasteiger partial charge in [-0.25, -0.2) is 14.4 Å². The molecule has 0 bridgehead atoms. The van der Waals surface area contributed by atoms with Gasteiger partial charge in [0.05, 0.1) is 0 Å². The summed E-state index contributed by atoms with van der Waals surface area (Å²) in [7, 11) is 0. The number of nitrogens with zero attached hydrogens (tertiary/aromatic N) is 5. The van der Waals surface area contributed by atoms with Gasteiger partial charge < -0.3 is 20.1 Å². The SMILES string of the molecule is CCn1ccnc1CN=C(N)N1CCN(c2ccc(F)cc2)CC1. The van der Waals surface area contributed by atoms with Crippen molar-refractivity contribution in [1.29, 1.82) is 0 Å². The molecule has 2 N–H and O–H groups in total. The van der Waals surface area contributed by atoms with Crippen LogP contribution in [-0.2, 0) is 13.1 Å². The molecule has 0 spiro atoms. The minimum Gasteiger partial charge on any atom is -0.370 e. The Morgan fingerprint density at radius 2 is 1.92 bits per heavy atom. The molecule has 24 heavy (non-hydrogen) atoms. The van der Waals surface area contributed by atoms with Crippen LogP contribution in [0.15, 0.2) is 41.7 Å². The van der Waals surface area contributed by atoms with Gasteiger partial charge in [-0.2, -0.15) is 0 Å². The Bertz CT molecular complexity index is 685. The number of nitrogens with two attached hydrogens (primary N) is 1. The molecule has 1 aromatic carbocycles. The predicted molar refractivity (Wildman–Crippen MR) is 93.4 cm³/mol. The van der Waals surface area contributed by atoms with Crippen molar-refractivity contribution in [2.45, 2.75) is 20.0 Å². The third-order valence-electron chi connectivity index (χ3n) is 4.32. The van der Waals surface area contributed by atoms with Crippen molar-refractivity contribution in [2.24, 2.45) is 10.7 Å². The number of imidazole rings is 1. The lowest BCUT2D eigenvalue weighted by Gasteiger charge is -2.36. The number of rotatable bonds is 4. The van der Waals surface area contributed by atoms with Crippen LogP contribution in [0, 0.1) is 5.82 Å². The Morgan fingerprint density at radius 1 is 1.21 bits per heavy atom. The van der Waals surface area contributed by atoms with Crippen molar-refractivity contribution in [2.75, 3.05) is 31.1 Å². The van der Waals surface area contributed by atoms with Crippen molar-refractivity contribution in [1.82, 2.24) is 14.5 Å². The van der Waals surface area contributed by atoms with Crippen LogP contribution in [0.4, 0.5) is 10.1 Å². The average Bonchev–Trinajstić information content (AvgIpc) is 3.08. The zero-order valence-corrected chi connectivity index (χ0v) is 13.9. The second-order valence-corrected chi connectivity index (χ2v) is 5.75. The van der Waals surface area contributed by atoms with Crippen LogP contribution in [0.2, 0.25) is 0 Å². The summed E-state index contributed by atoms with van der Waals surface area (Å²) in [5.41, 5.74) is 7.17. The molecule has 0 radical (unpaired) electrons. The van der Waals surface area contributed by atoms with Crippen LogP contribution in [-0.4, -0.2) is 46.6 Å². The second-order valence-electron chi connectivity index (χ2n) is 5.75. The van der Waals surface area contributed by atoms with Crippen LogP contribution in [0.5, 0.6) is 0 Å². The maximum Gasteiger partial charge on any atom is 0.191 e. The predicted octanol–water partition coefficient (Wildman–Crippen LogP) is 1.68. The van der Waals surface area contributed by atoms with E-state index in [1.807, 2.05) is 18.3 Å². The van der Waals surface area contributed by atoms with E-state index in [2.05, 4.69) is 31.3 Å². The summed E-state index contributed by atoms with van der Waals surface area (Å²) in [5, 5.41) is 0. The number of aromatic nitrogens is 2. The molecule has 6 nitrogen and oxygen atoms in total. The fraction of sp³-hybridized carbons (Fsp3) is 0.412. The number of hydrogen-bond acceptors (Lipinski definition) is 3. The molecule has 0 aliphatic carbocycles. The van der Waals surface area contributed by atoms with Gasteiger partial charge in [0.15, 0.2) is 5.96 Å². The fourth-order valence-electron chi connectivity index (χ4n) is 2.88. The summed E-state index contributed by atoms with van der Waals surface area (Å²) in [6.07, 6.45) is 3.73. The highest BCUT2D eigenvalue weighted by Gasteiger charge is 2.18. The van der Waals surface area contributed by atoms with E-state index in [-0.39, 0.29) is 5.82 Å². The highest BCUT2D eigenvalue weighted by atomic mass is 19.1. The number of guanidine groups is 1. The number of benzene rings is 1. The second kappa shape index (κ2) is 7.33. The number of halogens is 1. The molecule has 7 heteroatoms. The molecule has 1 aromatic heterocycles.